The molecule has 1 aliphatic rings. The third kappa shape index (κ3) is 3.59. The van der Waals surface area contributed by atoms with Gasteiger partial charge < -0.3 is 9.84 Å². The van der Waals surface area contributed by atoms with E-state index in [1.54, 1.807) is 0 Å². The van der Waals surface area contributed by atoms with Crippen molar-refractivity contribution in [2.75, 3.05) is 7.11 Å². The maximum Gasteiger partial charge on any atom is 0.305 e. The van der Waals surface area contributed by atoms with E-state index in [0.29, 0.717) is 6.42 Å². The minimum Gasteiger partial charge on any atom is -0.469 e. The zero-order valence-electron chi connectivity index (χ0n) is 7.95. The summed E-state index contributed by atoms with van der Waals surface area (Å²) in [5, 5.41) is 9.31. The Kier molecular flexibility index (Phi) is 3.96. The minimum absolute atomic E-state index is 0.180. The summed E-state index contributed by atoms with van der Waals surface area (Å²) < 4.78 is 4.54. The molecular formula is C10H16O3. The molecule has 3 nitrogen and oxygen atoms in total. The van der Waals surface area contributed by atoms with Crippen LogP contribution in [0.1, 0.15) is 32.1 Å². The second-order valence-corrected chi connectivity index (χ2v) is 3.36. The Morgan fingerprint density at radius 1 is 1.77 bits per heavy atom. The molecule has 1 unspecified atom stereocenters. The van der Waals surface area contributed by atoms with Crippen molar-refractivity contribution < 1.29 is 14.6 Å². The van der Waals surface area contributed by atoms with Crippen LogP contribution in [0.2, 0.25) is 0 Å². The molecule has 0 aliphatic heterocycles. The highest BCUT2D eigenvalue weighted by molar-refractivity contribution is 5.69. The summed E-state index contributed by atoms with van der Waals surface area (Å²) in [5.74, 6) is -0.180. The van der Waals surface area contributed by atoms with E-state index < -0.39 is 0 Å². The molecule has 0 radical (unpaired) electrons. The van der Waals surface area contributed by atoms with Gasteiger partial charge in [-0.1, -0.05) is 11.6 Å². The van der Waals surface area contributed by atoms with Gasteiger partial charge in [-0.05, 0) is 25.7 Å². The molecule has 74 valence electrons. The van der Waals surface area contributed by atoms with Crippen LogP contribution in [-0.4, -0.2) is 24.3 Å². The van der Waals surface area contributed by atoms with E-state index in [4.69, 9.17) is 0 Å². The van der Waals surface area contributed by atoms with E-state index in [0.717, 1.165) is 25.7 Å². The highest BCUT2D eigenvalue weighted by atomic mass is 16.5. The van der Waals surface area contributed by atoms with Gasteiger partial charge in [0, 0.05) is 6.42 Å². The zero-order chi connectivity index (χ0) is 9.68. The Morgan fingerprint density at radius 2 is 2.54 bits per heavy atom. The molecule has 0 aromatic carbocycles. The van der Waals surface area contributed by atoms with Gasteiger partial charge in [0.2, 0.25) is 0 Å². The SMILES string of the molecule is COC(=O)CCC1=CC(O)CCC1. The molecule has 1 atom stereocenters. The Hall–Kier alpha value is -0.830. The fourth-order valence-corrected chi connectivity index (χ4v) is 1.55. The maximum atomic E-state index is 10.8. The summed E-state index contributed by atoms with van der Waals surface area (Å²) >= 11 is 0. The quantitative estimate of drug-likeness (QED) is 0.533. The second-order valence-electron chi connectivity index (χ2n) is 3.36. The molecule has 0 amide bonds. The van der Waals surface area contributed by atoms with Crippen LogP contribution in [0.5, 0.6) is 0 Å². The molecule has 1 rings (SSSR count). The van der Waals surface area contributed by atoms with E-state index in [1.165, 1.54) is 12.7 Å². The third-order valence-corrected chi connectivity index (χ3v) is 2.30. The molecule has 13 heavy (non-hydrogen) atoms. The Labute approximate surface area is 78.4 Å². The van der Waals surface area contributed by atoms with E-state index in [1.807, 2.05) is 6.08 Å². The fraction of sp³-hybridized carbons (Fsp3) is 0.700. The molecular weight excluding hydrogens is 168 g/mol. The minimum atomic E-state index is -0.304. The number of methoxy groups -OCH3 is 1. The number of hydrogen-bond acceptors (Lipinski definition) is 3. The summed E-state index contributed by atoms with van der Waals surface area (Å²) in [5.41, 5.74) is 1.18. The lowest BCUT2D eigenvalue weighted by molar-refractivity contribution is -0.140. The number of aliphatic hydroxyl groups is 1. The first kappa shape index (κ1) is 10.3. The van der Waals surface area contributed by atoms with Gasteiger partial charge in [0.15, 0.2) is 0 Å². The van der Waals surface area contributed by atoms with Crippen molar-refractivity contribution in [1.29, 1.82) is 0 Å². The summed E-state index contributed by atoms with van der Waals surface area (Å²) in [6.07, 6.45) is 5.59. The van der Waals surface area contributed by atoms with Crippen molar-refractivity contribution in [2.24, 2.45) is 0 Å². The predicted molar refractivity (Wildman–Crippen MR) is 49.2 cm³/mol. The summed E-state index contributed by atoms with van der Waals surface area (Å²) in [6, 6.07) is 0. The Bertz CT molecular complexity index is 208. The van der Waals surface area contributed by atoms with Crippen molar-refractivity contribution in [3.05, 3.63) is 11.6 Å². The van der Waals surface area contributed by atoms with Crippen molar-refractivity contribution >= 4 is 5.97 Å². The number of esters is 1. The zero-order valence-corrected chi connectivity index (χ0v) is 7.95. The molecule has 0 spiro atoms. The highest BCUT2D eigenvalue weighted by Crippen LogP contribution is 2.21. The number of allylic oxidation sites excluding steroid dienone is 1. The van der Waals surface area contributed by atoms with E-state index in [9.17, 15) is 9.90 Å². The molecule has 0 saturated heterocycles. The monoisotopic (exact) mass is 184 g/mol. The van der Waals surface area contributed by atoms with Crippen LogP contribution in [0.4, 0.5) is 0 Å². The van der Waals surface area contributed by atoms with Gasteiger partial charge in [-0.15, -0.1) is 0 Å². The molecule has 1 aliphatic carbocycles. The van der Waals surface area contributed by atoms with Crippen molar-refractivity contribution in [1.82, 2.24) is 0 Å². The number of carbonyl (C=O) groups excluding carboxylic acids is 1. The Morgan fingerprint density at radius 3 is 3.15 bits per heavy atom. The predicted octanol–water partition coefficient (Wildman–Crippen LogP) is 1.41. The summed E-state index contributed by atoms with van der Waals surface area (Å²) in [6.45, 7) is 0. The van der Waals surface area contributed by atoms with E-state index in [-0.39, 0.29) is 12.1 Å². The standard InChI is InChI=1S/C10H16O3/c1-13-10(12)6-5-8-3-2-4-9(11)7-8/h7,9,11H,2-6H2,1H3. The van der Waals surface area contributed by atoms with Crippen LogP contribution in [0.3, 0.4) is 0 Å². The number of rotatable bonds is 3. The second kappa shape index (κ2) is 5.02. The van der Waals surface area contributed by atoms with Crippen LogP contribution in [0, 0.1) is 0 Å². The number of ether oxygens (including phenoxy) is 1. The first-order valence-corrected chi connectivity index (χ1v) is 4.67. The first-order valence-electron chi connectivity index (χ1n) is 4.67. The average molecular weight is 184 g/mol. The largest absolute Gasteiger partial charge is 0.469 e. The van der Waals surface area contributed by atoms with Crippen molar-refractivity contribution in [3.8, 4) is 0 Å². The lowest BCUT2D eigenvalue weighted by Gasteiger charge is -2.16. The third-order valence-electron chi connectivity index (χ3n) is 2.30. The molecule has 0 fully saturated rings. The lowest BCUT2D eigenvalue weighted by atomic mass is 9.94. The molecule has 0 heterocycles. The fourth-order valence-electron chi connectivity index (χ4n) is 1.55. The highest BCUT2D eigenvalue weighted by Gasteiger charge is 2.11. The smallest absolute Gasteiger partial charge is 0.305 e. The average Bonchev–Trinajstić information content (AvgIpc) is 2.14. The van der Waals surface area contributed by atoms with Crippen LogP contribution >= 0.6 is 0 Å². The number of hydrogen-bond donors (Lipinski definition) is 1. The van der Waals surface area contributed by atoms with Crippen molar-refractivity contribution in [3.63, 3.8) is 0 Å². The van der Waals surface area contributed by atoms with Crippen LogP contribution < -0.4 is 0 Å². The van der Waals surface area contributed by atoms with E-state index in [2.05, 4.69) is 4.74 Å². The number of aliphatic hydroxyl groups excluding tert-OH is 1. The first-order chi connectivity index (χ1) is 6.22. The lowest BCUT2D eigenvalue weighted by Crippen LogP contribution is -2.10. The van der Waals surface area contributed by atoms with Gasteiger partial charge in [0.05, 0.1) is 13.2 Å². The topological polar surface area (TPSA) is 46.5 Å². The molecule has 0 aromatic heterocycles. The van der Waals surface area contributed by atoms with Gasteiger partial charge in [-0.3, -0.25) is 4.79 Å². The van der Waals surface area contributed by atoms with Gasteiger partial charge in [0.1, 0.15) is 0 Å². The van der Waals surface area contributed by atoms with Gasteiger partial charge >= 0.3 is 5.97 Å². The van der Waals surface area contributed by atoms with E-state index >= 15 is 0 Å². The van der Waals surface area contributed by atoms with Crippen LogP contribution in [0.15, 0.2) is 11.6 Å². The van der Waals surface area contributed by atoms with Crippen LogP contribution in [-0.2, 0) is 9.53 Å². The van der Waals surface area contributed by atoms with Crippen LogP contribution in [0.25, 0.3) is 0 Å². The summed E-state index contributed by atoms with van der Waals surface area (Å²) in [4.78, 5) is 10.8. The molecule has 0 saturated carbocycles. The molecule has 0 aromatic rings. The number of carbonyl (C=O) groups is 1. The Balaban J connectivity index is 2.32. The maximum absolute atomic E-state index is 10.8. The van der Waals surface area contributed by atoms with Crippen molar-refractivity contribution in [2.45, 2.75) is 38.2 Å². The molecule has 3 heteroatoms. The molecule has 1 N–H and O–H groups in total. The normalized spacial score (nSPS) is 22.3. The van der Waals surface area contributed by atoms with Gasteiger partial charge in [-0.25, -0.2) is 0 Å². The van der Waals surface area contributed by atoms with Gasteiger partial charge in [-0.2, -0.15) is 0 Å². The van der Waals surface area contributed by atoms with Gasteiger partial charge in [0.25, 0.3) is 0 Å². The molecule has 0 bridgehead atoms. The summed E-state index contributed by atoms with van der Waals surface area (Å²) in [7, 11) is 1.40.